The fraction of sp³-hybridized carbons (Fsp3) is 0.625. The summed E-state index contributed by atoms with van der Waals surface area (Å²) in [7, 11) is 0. The number of nitrogens with zero attached hydrogens (tertiary/aromatic N) is 3. The van der Waals surface area contributed by atoms with E-state index in [4.69, 9.17) is 0 Å². The number of fused-ring (bicyclic) bond motifs is 1. The molecule has 0 atom stereocenters. The lowest BCUT2D eigenvalue weighted by molar-refractivity contribution is 0.318. The van der Waals surface area contributed by atoms with Crippen molar-refractivity contribution in [3.05, 3.63) is 24.2 Å². The van der Waals surface area contributed by atoms with Gasteiger partial charge >= 0.3 is 0 Å². The number of rotatable bonds is 4. The van der Waals surface area contributed by atoms with Crippen LogP contribution in [0.4, 0.5) is 5.82 Å². The van der Waals surface area contributed by atoms with Crippen molar-refractivity contribution in [2.24, 2.45) is 5.92 Å². The summed E-state index contributed by atoms with van der Waals surface area (Å²) in [5, 5.41) is 8.07. The second kappa shape index (κ2) is 5.81. The van der Waals surface area contributed by atoms with E-state index in [0.29, 0.717) is 6.04 Å². The minimum Gasteiger partial charge on any atom is -0.366 e. The second-order valence-corrected chi connectivity index (χ2v) is 6.04. The second-order valence-electron chi connectivity index (χ2n) is 6.04. The predicted octanol–water partition coefficient (Wildman–Crippen LogP) is 3.81. The largest absolute Gasteiger partial charge is 0.366 e. The zero-order chi connectivity index (χ0) is 13.9. The number of hydrogen-bond acceptors (Lipinski definition) is 3. The summed E-state index contributed by atoms with van der Waals surface area (Å²) in [6, 6.07) is 2.66. The van der Waals surface area contributed by atoms with Crippen LogP contribution < -0.4 is 5.32 Å². The Morgan fingerprint density at radius 1 is 1.30 bits per heavy atom. The minimum absolute atomic E-state index is 0.567. The normalized spacial score (nSPS) is 23.1. The van der Waals surface area contributed by atoms with Crippen molar-refractivity contribution in [2.45, 2.75) is 58.4 Å². The molecule has 0 bridgehead atoms. The van der Waals surface area contributed by atoms with E-state index in [1.807, 2.05) is 23.8 Å². The van der Waals surface area contributed by atoms with Gasteiger partial charge in [0.15, 0.2) is 5.82 Å². The van der Waals surface area contributed by atoms with Gasteiger partial charge in [-0.1, -0.05) is 19.8 Å². The Morgan fingerprint density at radius 3 is 2.85 bits per heavy atom. The van der Waals surface area contributed by atoms with Crippen molar-refractivity contribution < 1.29 is 0 Å². The van der Waals surface area contributed by atoms with Gasteiger partial charge in [0.1, 0.15) is 5.52 Å². The van der Waals surface area contributed by atoms with Crippen molar-refractivity contribution in [1.82, 2.24) is 14.6 Å². The third-order valence-electron chi connectivity index (χ3n) is 4.40. The Hall–Kier alpha value is -1.58. The number of nitrogens with one attached hydrogen (secondary N) is 1. The van der Waals surface area contributed by atoms with Gasteiger partial charge in [0.2, 0.25) is 0 Å². The monoisotopic (exact) mass is 272 g/mol. The van der Waals surface area contributed by atoms with Gasteiger partial charge in [0, 0.05) is 18.4 Å². The van der Waals surface area contributed by atoms with Crippen LogP contribution in [0.15, 0.2) is 18.5 Å². The summed E-state index contributed by atoms with van der Waals surface area (Å²) in [4.78, 5) is 4.50. The van der Waals surface area contributed by atoms with Crippen LogP contribution in [-0.2, 0) is 0 Å². The van der Waals surface area contributed by atoms with E-state index < -0.39 is 0 Å². The Labute approximate surface area is 120 Å². The molecule has 0 spiro atoms. The Kier molecular flexibility index (Phi) is 3.90. The summed E-state index contributed by atoms with van der Waals surface area (Å²) in [6.07, 6.45) is 11.7. The molecule has 20 heavy (non-hydrogen) atoms. The third kappa shape index (κ3) is 2.79. The molecule has 2 aromatic rings. The molecule has 0 saturated heterocycles. The average Bonchev–Trinajstić information content (AvgIpc) is 2.83. The maximum atomic E-state index is 4.50. The number of hydrogen-bond donors (Lipinski definition) is 1. The fourth-order valence-corrected chi connectivity index (χ4v) is 3.35. The van der Waals surface area contributed by atoms with Crippen LogP contribution in [0, 0.1) is 12.8 Å². The van der Waals surface area contributed by atoms with Gasteiger partial charge in [-0.05, 0) is 44.6 Å². The van der Waals surface area contributed by atoms with Crippen LogP contribution in [0.25, 0.3) is 5.52 Å². The number of aromatic nitrogens is 3. The van der Waals surface area contributed by atoms with Crippen LogP contribution in [0.1, 0.15) is 51.1 Å². The van der Waals surface area contributed by atoms with E-state index in [1.54, 1.807) is 0 Å². The molecule has 2 heterocycles. The highest BCUT2D eigenvalue weighted by atomic mass is 15.2. The highest BCUT2D eigenvalue weighted by Crippen LogP contribution is 2.29. The van der Waals surface area contributed by atoms with Gasteiger partial charge in [-0.2, -0.15) is 5.10 Å². The van der Waals surface area contributed by atoms with Gasteiger partial charge < -0.3 is 5.32 Å². The van der Waals surface area contributed by atoms with Gasteiger partial charge in [-0.25, -0.2) is 9.50 Å². The first-order chi connectivity index (χ1) is 9.76. The molecule has 1 saturated carbocycles. The third-order valence-corrected chi connectivity index (χ3v) is 4.40. The summed E-state index contributed by atoms with van der Waals surface area (Å²) < 4.78 is 1.91. The Balaban J connectivity index is 1.68. The molecule has 1 aliphatic rings. The summed E-state index contributed by atoms with van der Waals surface area (Å²) in [5.74, 6) is 1.92. The first-order valence-electron chi connectivity index (χ1n) is 7.83. The topological polar surface area (TPSA) is 42.2 Å². The van der Waals surface area contributed by atoms with Crippen LogP contribution in [-0.4, -0.2) is 20.6 Å². The molecule has 0 amide bonds. The van der Waals surface area contributed by atoms with Gasteiger partial charge in [0.05, 0.1) is 5.69 Å². The number of anilines is 1. The van der Waals surface area contributed by atoms with Crippen LogP contribution in [0.5, 0.6) is 0 Å². The molecule has 1 N–H and O–H groups in total. The molecule has 0 unspecified atom stereocenters. The molecule has 3 rings (SSSR count). The van der Waals surface area contributed by atoms with Crippen molar-refractivity contribution >= 4 is 11.3 Å². The zero-order valence-electron chi connectivity index (χ0n) is 12.5. The highest BCUT2D eigenvalue weighted by molar-refractivity contribution is 5.68. The highest BCUT2D eigenvalue weighted by Gasteiger charge is 2.21. The fourth-order valence-electron chi connectivity index (χ4n) is 3.35. The van der Waals surface area contributed by atoms with E-state index in [-0.39, 0.29) is 0 Å². The first kappa shape index (κ1) is 13.4. The molecular formula is C16H24N4. The lowest BCUT2D eigenvalue weighted by atomic mass is 9.83. The zero-order valence-corrected chi connectivity index (χ0v) is 12.5. The quantitative estimate of drug-likeness (QED) is 0.920. The van der Waals surface area contributed by atoms with Crippen LogP contribution >= 0.6 is 0 Å². The standard InChI is InChI=1S/C16H24N4/c1-3-4-13-5-7-14(8-6-13)18-16-15-11-12(2)19-20(15)10-9-17-16/h9-11,13-14H,3-8H2,1-2H3,(H,17,18). The maximum absolute atomic E-state index is 4.50. The van der Waals surface area contributed by atoms with Crippen molar-refractivity contribution in [3.63, 3.8) is 0 Å². The predicted molar refractivity (Wildman–Crippen MR) is 82.0 cm³/mol. The summed E-state index contributed by atoms with van der Waals surface area (Å²) >= 11 is 0. The average molecular weight is 272 g/mol. The summed E-state index contributed by atoms with van der Waals surface area (Å²) in [6.45, 7) is 4.31. The molecule has 1 fully saturated rings. The van der Waals surface area contributed by atoms with E-state index in [9.17, 15) is 0 Å². The smallest absolute Gasteiger partial charge is 0.152 e. The molecule has 0 aliphatic heterocycles. The lowest BCUT2D eigenvalue weighted by Gasteiger charge is -2.29. The van der Waals surface area contributed by atoms with E-state index in [0.717, 1.165) is 22.9 Å². The van der Waals surface area contributed by atoms with E-state index >= 15 is 0 Å². The molecule has 4 heteroatoms. The van der Waals surface area contributed by atoms with E-state index in [2.05, 4.69) is 28.4 Å². The molecule has 4 nitrogen and oxygen atoms in total. The molecule has 2 aromatic heterocycles. The van der Waals surface area contributed by atoms with Gasteiger partial charge in [-0.3, -0.25) is 0 Å². The SMILES string of the molecule is CCCC1CCC(Nc2nccn3nc(C)cc23)CC1. The van der Waals surface area contributed by atoms with Crippen LogP contribution in [0.2, 0.25) is 0 Å². The lowest BCUT2D eigenvalue weighted by Crippen LogP contribution is -2.26. The van der Waals surface area contributed by atoms with Gasteiger partial charge in [0.25, 0.3) is 0 Å². The van der Waals surface area contributed by atoms with Crippen molar-refractivity contribution in [3.8, 4) is 0 Å². The Bertz CT molecular complexity index is 567. The van der Waals surface area contributed by atoms with Gasteiger partial charge in [-0.15, -0.1) is 0 Å². The van der Waals surface area contributed by atoms with Crippen LogP contribution in [0.3, 0.4) is 0 Å². The summed E-state index contributed by atoms with van der Waals surface area (Å²) in [5.41, 5.74) is 2.12. The maximum Gasteiger partial charge on any atom is 0.152 e. The van der Waals surface area contributed by atoms with Crippen molar-refractivity contribution in [1.29, 1.82) is 0 Å². The molecule has 0 aromatic carbocycles. The number of aryl methyl sites for hydroxylation is 1. The molecule has 108 valence electrons. The molecular weight excluding hydrogens is 248 g/mol. The van der Waals surface area contributed by atoms with Crippen molar-refractivity contribution in [2.75, 3.05) is 5.32 Å². The van der Waals surface area contributed by atoms with E-state index in [1.165, 1.54) is 38.5 Å². The Morgan fingerprint density at radius 2 is 2.10 bits per heavy atom. The molecule has 1 aliphatic carbocycles. The molecule has 0 radical (unpaired) electrons. The first-order valence-corrected chi connectivity index (χ1v) is 7.83. The minimum atomic E-state index is 0.567.